The van der Waals surface area contributed by atoms with Crippen LogP contribution in [0.1, 0.15) is 24.4 Å². The zero-order chi connectivity index (χ0) is 27.2. The molecule has 1 aromatic heterocycles. The zero-order valence-electron chi connectivity index (χ0n) is 21.4. The van der Waals surface area contributed by atoms with Crippen LogP contribution in [0.25, 0.3) is 11.3 Å². The quantitative estimate of drug-likeness (QED) is 0.362. The van der Waals surface area contributed by atoms with Crippen molar-refractivity contribution >= 4 is 5.91 Å². The van der Waals surface area contributed by atoms with E-state index in [0.29, 0.717) is 17.8 Å². The van der Waals surface area contributed by atoms with Gasteiger partial charge in [-0.2, -0.15) is 0 Å². The first-order valence-corrected chi connectivity index (χ1v) is 12.5. The van der Waals surface area contributed by atoms with Crippen LogP contribution in [0.3, 0.4) is 0 Å². The fourth-order valence-corrected chi connectivity index (χ4v) is 4.63. The number of methoxy groups -OCH3 is 1. The Hall–Kier alpha value is -3.38. The van der Waals surface area contributed by atoms with Gasteiger partial charge in [0.1, 0.15) is 41.6 Å². The van der Waals surface area contributed by atoms with Crippen LogP contribution in [-0.2, 0) is 16.0 Å². The highest BCUT2D eigenvalue weighted by molar-refractivity contribution is 5.76. The number of aryl methyl sites for hydroxylation is 1. The van der Waals surface area contributed by atoms with Crippen molar-refractivity contribution in [3.05, 3.63) is 66.1 Å². The van der Waals surface area contributed by atoms with E-state index in [1.807, 2.05) is 24.3 Å². The first-order valence-electron chi connectivity index (χ1n) is 12.5. The van der Waals surface area contributed by atoms with Gasteiger partial charge in [0.25, 0.3) is 0 Å². The molecular weight excluding hydrogens is 495 g/mol. The van der Waals surface area contributed by atoms with E-state index in [1.165, 1.54) is 23.0 Å². The minimum absolute atomic E-state index is 0.147. The number of aliphatic hydroxyl groups is 3. The van der Waals surface area contributed by atoms with Gasteiger partial charge in [0, 0.05) is 19.2 Å². The van der Waals surface area contributed by atoms with E-state index < -0.39 is 42.9 Å². The molecule has 11 heteroatoms. The Kier molecular flexibility index (Phi) is 9.05. The average Bonchev–Trinajstić information content (AvgIpc) is 3.40. The summed E-state index contributed by atoms with van der Waals surface area (Å²) in [7, 11) is 3.30. The monoisotopic (exact) mass is 528 g/mol. The summed E-state index contributed by atoms with van der Waals surface area (Å²) in [6, 6.07) is 12.5. The minimum atomic E-state index is -1.31. The van der Waals surface area contributed by atoms with Gasteiger partial charge in [0.15, 0.2) is 0 Å². The maximum absolute atomic E-state index is 13.6. The zero-order valence-corrected chi connectivity index (χ0v) is 21.4. The number of hydrogen-bond donors (Lipinski definition) is 3. The van der Waals surface area contributed by atoms with Gasteiger partial charge < -0.3 is 29.7 Å². The van der Waals surface area contributed by atoms with Crippen molar-refractivity contribution in [2.24, 2.45) is 0 Å². The summed E-state index contributed by atoms with van der Waals surface area (Å²) in [5, 5.41) is 39.7. The third-order valence-corrected chi connectivity index (χ3v) is 6.85. The number of rotatable bonds is 10. The normalized spacial score (nSPS) is 23.3. The third kappa shape index (κ3) is 6.36. The van der Waals surface area contributed by atoms with E-state index >= 15 is 0 Å². The van der Waals surface area contributed by atoms with Crippen molar-refractivity contribution in [2.75, 3.05) is 27.3 Å². The summed E-state index contributed by atoms with van der Waals surface area (Å²) in [6.07, 6.45) is -1.79. The summed E-state index contributed by atoms with van der Waals surface area (Å²) < 4.78 is 25.8. The number of carbonyl (C=O) groups is 1. The average molecular weight is 529 g/mol. The second-order valence-electron chi connectivity index (χ2n) is 9.43. The highest BCUT2D eigenvalue weighted by Crippen LogP contribution is 2.32. The molecule has 0 unspecified atom stereocenters. The van der Waals surface area contributed by atoms with Crippen molar-refractivity contribution in [1.29, 1.82) is 0 Å². The number of halogens is 1. The number of benzene rings is 2. The molecule has 0 radical (unpaired) electrons. The summed E-state index contributed by atoms with van der Waals surface area (Å²) in [5.74, 6) is 0.109. The van der Waals surface area contributed by atoms with Gasteiger partial charge in [-0.15, -0.1) is 5.10 Å². The second-order valence-corrected chi connectivity index (χ2v) is 9.43. The SMILES string of the molecule is COc1ccc(CCCN(C)C(=O)C[C@@H]2O[C@H](CO)[C@H](O)[C@H](n3cc(-c4cccc(F)c4)nn3)[C@H]2O)cc1. The molecule has 1 aliphatic rings. The van der Waals surface area contributed by atoms with Crippen molar-refractivity contribution in [2.45, 2.75) is 49.7 Å². The molecule has 2 aromatic carbocycles. The predicted molar refractivity (Wildman–Crippen MR) is 136 cm³/mol. The highest BCUT2D eigenvalue weighted by Gasteiger charge is 2.46. The molecule has 1 aliphatic heterocycles. The van der Waals surface area contributed by atoms with Gasteiger partial charge in [-0.25, -0.2) is 9.07 Å². The number of aromatic nitrogens is 3. The number of amides is 1. The topological polar surface area (TPSA) is 130 Å². The van der Waals surface area contributed by atoms with E-state index in [4.69, 9.17) is 9.47 Å². The molecule has 204 valence electrons. The van der Waals surface area contributed by atoms with E-state index in [1.54, 1.807) is 31.2 Å². The van der Waals surface area contributed by atoms with Crippen molar-refractivity contribution < 1.29 is 34.0 Å². The minimum Gasteiger partial charge on any atom is -0.497 e. The molecule has 4 rings (SSSR count). The van der Waals surface area contributed by atoms with E-state index in [9.17, 15) is 24.5 Å². The van der Waals surface area contributed by atoms with Gasteiger partial charge in [-0.05, 0) is 42.7 Å². The molecule has 3 aromatic rings. The maximum atomic E-state index is 13.6. The Morgan fingerprint density at radius 2 is 1.89 bits per heavy atom. The molecule has 1 amide bonds. The van der Waals surface area contributed by atoms with Crippen molar-refractivity contribution in [3.63, 3.8) is 0 Å². The Morgan fingerprint density at radius 1 is 1.16 bits per heavy atom. The lowest BCUT2D eigenvalue weighted by Gasteiger charge is -2.42. The van der Waals surface area contributed by atoms with E-state index in [2.05, 4.69) is 10.3 Å². The molecule has 0 bridgehead atoms. The Morgan fingerprint density at radius 3 is 2.58 bits per heavy atom. The Bertz CT molecular complexity index is 1210. The standard InChI is InChI=1S/C27H33FN4O6/c1-31(12-4-5-17-8-10-20(37-2)11-9-17)24(34)14-22-26(35)25(27(36)23(16-33)38-22)32-15-21(29-30-32)18-6-3-7-19(28)13-18/h3,6-11,13,15,22-23,25-27,33,35-36H,4-5,12,14,16H2,1-2H3/t22-,23+,25+,26-,27-/m0/s1. The third-order valence-electron chi connectivity index (χ3n) is 6.85. The molecule has 3 N–H and O–H groups in total. The molecular formula is C27H33FN4O6. The number of carbonyl (C=O) groups excluding carboxylic acids is 1. The van der Waals surface area contributed by atoms with Crippen LogP contribution in [0, 0.1) is 5.82 Å². The summed E-state index contributed by atoms with van der Waals surface area (Å²) >= 11 is 0. The Balaban J connectivity index is 1.39. The molecule has 0 saturated carbocycles. The maximum Gasteiger partial charge on any atom is 0.225 e. The molecule has 0 spiro atoms. The number of nitrogens with zero attached hydrogens (tertiary/aromatic N) is 4. The van der Waals surface area contributed by atoms with Crippen LogP contribution in [0.2, 0.25) is 0 Å². The van der Waals surface area contributed by atoms with Crippen LogP contribution >= 0.6 is 0 Å². The number of ether oxygens (including phenoxy) is 2. The number of aliphatic hydroxyl groups excluding tert-OH is 3. The largest absolute Gasteiger partial charge is 0.497 e. The summed E-state index contributed by atoms with van der Waals surface area (Å²) in [6.45, 7) is -0.0124. The lowest BCUT2D eigenvalue weighted by atomic mass is 9.91. The van der Waals surface area contributed by atoms with Gasteiger partial charge in [-0.1, -0.05) is 29.5 Å². The lowest BCUT2D eigenvalue weighted by molar-refractivity contribution is -0.208. The fourth-order valence-electron chi connectivity index (χ4n) is 4.63. The van der Waals surface area contributed by atoms with Crippen LogP contribution in [0.15, 0.2) is 54.7 Å². The van der Waals surface area contributed by atoms with E-state index in [-0.39, 0.29) is 12.3 Å². The second kappa shape index (κ2) is 12.4. The molecule has 0 aliphatic carbocycles. The van der Waals surface area contributed by atoms with Crippen LogP contribution < -0.4 is 4.74 Å². The number of hydrogen-bond acceptors (Lipinski definition) is 8. The predicted octanol–water partition coefficient (Wildman–Crippen LogP) is 1.60. The van der Waals surface area contributed by atoms with Crippen LogP contribution in [0.5, 0.6) is 5.75 Å². The first-order chi connectivity index (χ1) is 18.3. The first kappa shape index (κ1) is 27.6. The van der Waals surface area contributed by atoms with Crippen LogP contribution in [-0.4, -0.2) is 92.8 Å². The van der Waals surface area contributed by atoms with Crippen molar-refractivity contribution in [1.82, 2.24) is 19.9 Å². The molecule has 2 heterocycles. The molecule has 38 heavy (non-hydrogen) atoms. The molecule has 1 fully saturated rings. The summed E-state index contributed by atoms with van der Waals surface area (Å²) in [4.78, 5) is 14.5. The van der Waals surface area contributed by atoms with Gasteiger partial charge >= 0.3 is 0 Å². The molecule has 5 atom stereocenters. The lowest BCUT2D eigenvalue weighted by Crippen LogP contribution is -2.56. The fraction of sp³-hybridized carbons (Fsp3) is 0.444. The molecule has 1 saturated heterocycles. The van der Waals surface area contributed by atoms with E-state index in [0.717, 1.165) is 24.2 Å². The Labute approximate surface area is 220 Å². The van der Waals surface area contributed by atoms with Gasteiger partial charge in [0.05, 0.1) is 32.4 Å². The smallest absolute Gasteiger partial charge is 0.225 e. The van der Waals surface area contributed by atoms with Crippen molar-refractivity contribution in [3.8, 4) is 17.0 Å². The van der Waals surface area contributed by atoms with Gasteiger partial charge in [-0.3, -0.25) is 4.79 Å². The summed E-state index contributed by atoms with van der Waals surface area (Å²) in [5.41, 5.74) is 1.96. The molecule has 10 nitrogen and oxygen atoms in total. The van der Waals surface area contributed by atoms with Crippen LogP contribution in [0.4, 0.5) is 4.39 Å². The highest BCUT2D eigenvalue weighted by atomic mass is 19.1. The van der Waals surface area contributed by atoms with Gasteiger partial charge in [0.2, 0.25) is 5.91 Å².